The number of benzene rings is 2. The first-order valence-corrected chi connectivity index (χ1v) is 15.0. The molecule has 3 N–H and O–H groups in total. The van der Waals surface area contributed by atoms with Gasteiger partial charge in [0.15, 0.2) is 0 Å². The number of hydrogen-bond donors (Lipinski definition) is 2. The zero-order valence-electron chi connectivity index (χ0n) is 24.5. The van der Waals surface area contributed by atoms with E-state index in [-0.39, 0.29) is 5.91 Å². The molecule has 2 fully saturated rings. The molecule has 2 amide bonds. The van der Waals surface area contributed by atoms with E-state index in [1.807, 2.05) is 43.6 Å². The number of rotatable bonds is 7. The van der Waals surface area contributed by atoms with Gasteiger partial charge in [-0.1, -0.05) is 25.0 Å². The van der Waals surface area contributed by atoms with E-state index in [9.17, 15) is 9.59 Å². The quantitative estimate of drug-likeness (QED) is 0.250. The highest BCUT2D eigenvalue weighted by Gasteiger charge is 2.44. The average Bonchev–Trinajstić information content (AvgIpc) is 3.71. The van der Waals surface area contributed by atoms with Gasteiger partial charge >= 0.3 is 0 Å². The molecule has 2 aliphatic carbocycles. The topological polar surface area (TPSA) is 121 Å². The molecule has 9 heteroatoms. The molecular formula is C34H35N7O2. The first kappa shape index (κ1) is 27.1. The summed E-state index contributed by atoms with van der Waals surface area (Å²) in [6.45, 7) is 0. The zero-order chi connectivity index (χ0) is 29.7. The molecule has 0 radical (unpaired) electrons. The highest BCUT2D eigenvalue weighted by atomic mass is 16.2. The van der Waals surface area contributed by atoms with Crippen LogP contribution in [0.15, 0.2) is 61.1 Å². The van der Waals surface area contributed by atoms with Crippen LogP contribution >= 0.6 is 0 Å². The van der Waals surface area contributed by atoms with Crippen LogP contribution in [0.4, 0.5) is 0 Å². The second-order valence-electron chi connectivity index (χ2n) is 12.0. The summed E-state index contributed by atoms with van der Waals surface area (Å²) >= 11 is 0. The molecule has 2 aromatic carbocycles. The number of nitrogens with zero attached hydrogens (tertiary/aromatic N) is 5. The third-order valence-corrected chi connectivity index (χ3v) is 9.40. The van der Waals surface area contributed by atoms with E-state index in [0.29, 0.717) is 11.5 Å². The predicted octanol–water partition coefficient (Wildman–Crippen LogP) is 5.49. The molecule has 0 aliphatic heterocycles. The van der Waals surface area contributed by atoms with Gasteiger partial charge in [0.1, 0.15) is 11.5 Å². The predicted molar refractivity (Wildman–Crippen MR) is 167 cm³/mol. The van der Waals surface area contributed by atoms with Crippen LogP contribution in [0.5, 0.6) is 0 Å². The Bertz CT molecular complexity index is 1910. The normalized spacial score (nSPS) is 16.7. The molecule has 2 saturated carbocycles. The molecule has 0 spiro atoms. The number of fused-ring (bicyclic) bond motifs is 2. The van der Waals surface area contributed by atoms with Gasteiger partial charge in [0.05, 0.1) is 28.5 Å². The van der Waals surface area contributed by atoms with Crippen LogP contribution in [-0.4, -0.2) is 35.9 Å². The second-order valence-corrected chi connectivity index (χ2v) is 12.0. The lowest BCUT2D eigenvalue weighted by molar-refractivity contribution is -0.113. The van der Waals surface area contributed by atoms with Gasteiger partial charge in [-0.3, -0.25) is 19.6 Å². The molecule has 218 valence electrons. The second kappa shape index (κ2) is 10.5. The van der Waals surface area contributed by atoms with Gasteiger partial charge in [-0.15, -0.1) is 0 Å². The Morgan fingerprint density at radius 1 is 1.00 bits per heavy atom. The van der Waals surface area contributed by atoms with E-state index in [4.69, 9.17) is 10.7 Å². The smallest absolute Gasteiger partial charge is 0.252 e. The summed E-state index contributed by atoms with van der Waals surface area (Å²) in [6.07, 6.45) is 15.7. The van der Waals surface area contributed by atoms with Crippen LogP contribution in [-0.2, 0) is 24.4 Å². The summed E-state index contributed by atoms with van der Waals surface area (Å²) in [6, 6.07) is 11.9. The SMILES string of the molecule is Cn1c(C2(NC(=O)c3ccc4c(C5CCCC5)c(-c5cnccn5)n(C)c4c3)CCC2)nc2cc(/C=C/C(N)=O)ccc21. The Balaban J connectivity index is 1.24. The minimum Gasteiger partial charge on any atom is -0.366 e. The third-order valence-electron chi connectivity index (χ3n) is 9.40. The molecule has 43 heavy (non-hydrogen) atoms. The van der Waals surface area contributed by atoms with Crippen molar-refractivity contribution in [1.82, 2.24) is 29.4 Å². The molecule has 0 atom stereocenters. The van der Waals surface area contributed by atoms with Crippen LogP contribution in [0.25, 0.3) is 39.4 Å². The third kappa shape index (κ3) is 4.59. The van der Waals surface area contributed by atoms with Crippen LogP contribution in [0.1, 0.15) is 78.2 Å². The number of nitrogens with two attached hydrogens (primary N) is 1. The minimum atomic E-state index is -0.545. The lowest BCUT2D eigenvalue weighted by Crippen LogP contribution is -2.52. The van der Waals surface area contributed by atoms with E-state index >= 15 is 0 Å². The summed E-state index contributed by atoms with van der Waals surface area (Å²) in [5, 5.41) is 4.56. The summed E-state index contributed by atoms with van der Waals surface area (Å²) in [7, 11) is 4.05. The lowest BCUT2D eigenvalue weighted by atomic mass is 9.75. The number of hydrogen-bond acceptors (Lipinski definition) is 5. The van der Waals surface area contributed by atoms with E-state index in [2.05, 4.69) is 37.5 Å². The number of carbonyl (C=O) groups excluding carboxylic acids is 2. The van der Waals surface area contributed by atoms with Gasteiger partial charge in [0, 0.05) is 49.0 Å². The molecule has 9 nitrogen and oxygen atoms in total. The van der Waals surface area contributed by atoms with Gasteiger partial charge in [-0.05, 0) is 79.5 Å². The van der Waals surface area contributed by atoms with Crippen LogP contribution in [0.3, 0.4) is 0 Å². The van der Waals surface area contributed by atoms with Crippen LogP contribution < -0.4 is 11.1 Å². The maximum absolute atomic E-state index is 13.9. The Hall–Kier alpha value is -4.79. The monoisotopic (exact) mass is 573 g/mol. The van der Waals surface area contributed by atoms with Gasteiger partial charge in [-0.2, -0.15) is 0 Å². The Morgan fingerprint density at radius 3 is 2.51 bits per heavy atom. The molecule has 2 aliphatic rings. The van der Waals surface area contributed by atoms with Crippen molar-refractivity contribution >= 4 is 39.8 Å². The zero-order valence-corrected chi connectivity index (χ0v) is 24.5. The fraction of sp³-hybridized carbons (Fsp3) is 0.324. The van der Waals surface area contributed by atoms with E-state index in [1.165, 1.54) is 29.9 Å². The number of aryl methyl sites for hydroxylation is 2. The van der Waals surface area contributed by atoms with Crippen molar-refractivity contribution < 1.29 is 9.59 Å². The Morgan fingerprint density at radius 2 is 1.81 bits per heavy atom. The molecule has 5 aromatic rings. The average molecular weight is 574 g/mol. The molecule has 0 saturated heterocycles. The molecule has 0 unspecified atom stereocenters. The molecule has 3 aromatic heterocycles. The summed E-state index contributed by atoms with van der Waals surface area (Å²) < 4.78 is 4.25. The standard InChI is InChI=1S/C34H35N7O2/c1-40-28-19-23(10-11-24(28)30(22-6-3-4-7-22)31(40)26-20-36-16-17-37-26)32(43)39-34(14-5-15-34)33-38-25-18-21(9-13-29(35)42)8-12-27(25)41(33)2/h8-13,16-20,22H,3-7,14-15H2,1-2H3,(H2,35,42)(H,39,43)/b13-9+. The Labute approximate surface area is 249 Å². The highest BCUT2D eigenvalue weighted by Crippen LogP contribution is 2.45. The number of carbonyl (C=O) groups is 2. The van der Waals surface area contributed by atoms with Crippen LogP contribution in [0, 0.1) is 0 Å². The molecule has 3 heterocycles. The van der Waals surface area contributed by atoms with Crippen molar-refractivity contribution in [2.45, 2.75) is 56.4 Å². The fourth-order valence-electron chi connectivity index (χ4n) is 7.12. The first-order valence-electron chi connectivity index (χ1n) is 15.0. The maximum atomic E-state index is 13.9. The highest BCUT2D eigenvalue weighted by molar-refractivity contribution is 6.01. The van der Waals surface area contributed by atoms with Crippen molar-refractivity contribution in [1.29, 1.82) is 0 Å². The first-order chi connectivity index (χ1) is 20.8. The van der Waals surface area contributed by atoms with Crippen molar-refractivity contribution in [3.8, 4) is 11.4 Å². The molecule has 0 bridgehead atoms. The molecular weight excluding hydrogens is 538 g/mol. The van der Waals surface area contributed by atoms with Crippen LogP contribution in [0.2, 0.25) is 0 Å². The van der Waals surface area contributed by atoms with Crippen molar-refractivity contribution in [3.05, 3.63) is 83.6 Å². The maximum Gasteiger partial charge on any atom is 0.252 e. The van der Waals surface area contributed by atoms with Gasteiger partial charge < -0.3 is 20.2 Å². The van der Waals surface area contributed by atoms with Gasteiger partial charge in [0.2, 0.25) is 5.91 Å². The number of aromatic nitrogens is 5. The summed E-state index contributed by atoms with van der Waals surface area (Å²) in [4.78, 5) is 39.1. The van der Waals surface area contributed by atoms with Crippen molar-refractivity contribution in [2.75, 3.05) is 0 Å². The van der Waals surface area contributed by atoms with E-state index in [1.54, 1.807) is 18.5 Å². The van der Waals surface area contributed by atoms with Gasteiger partial charge in [0.25, 0.3) is 5.91 Å². The summed E-state index contributed by atoms with van der Waals surface area (Å²) in [5.41, 5.74) is 12.3. The van der Waals surface area contributed by atoms with Gasteiger partial charge in [-0.25, -0.2) is 4.98 Å². The lowest BCUT2D eigenvalue weighted by Gasteiger charge is -2.41. The number of primary amides is 1. The molecule has 7 rings (SSSR count). The van der Waals surface area contributed by atoms with E-state index in [0.717, 1.165) is 71.4 Å². The van der Waals surface area contributed by atoms with E-state index < -0.39 is 11.4 Å². The number of nitrogens with one attached hydrogen (secondary N) is 1. The fourth-order valence-corrected chi connectivity index (χ4v) is 7.12. The Kier molecular flexibility index (Phi) is 6.60. The summed E-state index contributed by atoms with van der Waals surface area (Å²) in [5.74, 6) is 0.712. The van der Waals surface area contributed by atoms with Crippen molar-refractivity contribution in [3.63, 3.8) is 0 Å². The number of imidazole rings is 1. The van der Waals surface area contributed by atoms with Crippen molar-refractivity contribution in [2.24, 2.45) is 19.8 Å². The minimum absolute atomic E-state index is 0.108. The largest absolute Gasteiger partial charge is 0.366 e. The number of amides is 2.